The zero-order chi connectivity index (χ0) is 15.0. The predicted molar refractivity (Wildman–Crippen MR) is 74.4 cm³/mol. The monoisotopic (exact) mass is 288 g/mol. The van der Waals surface area contributed by atoms with Gasteiger partial charge in [0.1, 0.15) is 6.17 Å². The Morgan fingerprint density at radius 1 is 1.43 bits per heavy atom. The van der Waals surface area contributed by atoms with Crippen molar-refractivity contribution in [2.75, 3.05) is 13.2 Å². The molecule has 2 fully saturated rings. The van der Waals surface area contributed by atoms with Gasteiger partial charge in [-0.2, -0.15) is 5.26 Å². The molecule has 1 amide bonds. The van der Waals surface area contributed by atoms with Crippen molar-refractivity contribution in [1.82, 2.24) is 4.90 Å². The molecule has 0 unspecified atom stereocenters. The molecule has 1 N–H and O–H groups in total. The van der Waals surface area contributed by atoms with E-state index in [9.17, 15) is 14.3 Å². The summed E-state index contributed by atoms with van der Waals surface area (Å²) in [6.07, 6.45) is 0.842. The molecule has 1 aromatic carbocycles. The normalized spacial score (nSPS) is 26.4. The molecule has 1 heterocycles. The Hall–Kier alpha value is -1.93. The molecular formula is C16H17FN2O2. The van der Waals surface area contributed by atoms with Crippen LogP contribution in [-0.2, 0) is 5.41 Å². The van der Waals surface area contributed by atoms with Crippen LogP contribution in [-0.4, -0.2) is 41.3 Å². The van der Waals surface area contributed by atoms with Gasteiger partial charge in [0.15, 0.2) is 0 Å². The molecule has 4 nitrogen and oxygen atoms in total. The summed E-state index contributed by atoms with van der Waals surface area (Å²) in [6.45, 7) is -0.185. The number of alkyl halides is 1. The molecule has 0 aromatic heterocycles. The highest BCUT2D eigenvalue weighted by atomic mass is 19.1. The van der Waals surface area contributed by atoms with Gasteiger partial charge in [0, 0.05) is 12.0 Å². The number of aliphatic hydroxyl groups excluding tert-OH is 1. The lowest BCUT2D eigenvalue weighted by atomic mass is 9.96. The zero-order valence-corrected chi connectivity index (χ0v) is 11.6. The SMILES string of the molecule is N#CC1(c2ccc(C(=O)N3C[C@@H](F)C[C@H]3CO)cc2)CC1. The second-order valence-corrected chi connectivity index (χ2v) is 5.90. The van der Waals surface area contributed by atoms with E-state index in [0.717, 1.165) is 18.4 Å². The minimum atomic E-state index is -1.07. The summed E-state index contributed by atoms with van der Waals surface area (Å²) >= 11 is 0. The van der Waals surface area contributed by atoms with E-state index in [4.69, 9.17) is 5.26 Å². The summed E-state index contributed by atoms with van der Waals surface area (Å²) in [5.74, 6) is -0.262. The predicted octanol–water partition coefficient (Wildman–Crippen LogP) is 1.79. The summed E-state index contributed by atoms with van der Waals surface area (Å²) in [5.41, 5.74) is 1.04. The summed E-state index contributed by atoms with van der Waals surface area (Å²) in [6, 6.07) is 8.86. The maximum atomic E-state index is 13.4. The van der Waals surface area contributed by atoms with Crippen LogP contribution in [0.2, 0.25) is 0 Å². The Morgan fingerprint density at radius 3 is 2.62 bits per heavy atom. The van der Waals surface area contributed by atoms with Crippen molar-refractivity contribution in [3.05, 3.63) is 35.4 Å². The molecular weight excluding hydrogens is 271 g/mol. The smallest absolute Gasteiger partial charge is 0.254 e. The van der Waals surface area contributed by atoms with Gasteiger partial charge in [-0.3, -0.25) is 4.79 Å². The van der Waals surface area contributed by atoms with E-state index in [2.05, 4.69) is 6.07 Å². The molecule has 1 aliphatic carbocycles. The molecule has 1 saturated carbocycles. The van der Waals surface area contributed by atoms with Crippen molar-refractivity contribution in [3.8, 4) is 6.07 Å². The Balaban J connectivity index is 1.78. The first-order valence-electron chi connectivity index (χ1n) is 7.17. The van der Waals surface area contributed by atoms with E-state index in [1.165, 1.54) is 4.90 Å². The first-order chi connectivity index (χ1) is 10.1. The van der Waals surface area contributed by atoms with Crippen molar-refractivity contribution in [2.24, 2.45) is 0 Å². The number of carbonyl (C=O) groups excluding carboxylic acids is 1. The molecule has 0 bridgehead atoms. The molecule has 2 atom stereocenters. The quantitative estimate of drug-likeness (QED) is 0.922. The van der Waals surface area contributed by atoms with Crippen LogP contribution < -0.4 is 0 Å². The van der Waals surface area contributed by atoms with Gasteiger partial charge >= 0.3 is 0 Å². The van der Waals surface area contributed by atoms with Crippen LogP contribution in [0.1, 0.15) is 35.2 Å². The fourth-order valence-corrected chi connectivity index (χ4v) is 2.97. The molecule has 21 heavy (non-hydrogen) atoms. The number of halogens is 1. The average Bonchev–Trinajstić information content (AvgIpc) is 3.23. The molecule has 3 rings (SSSR count). The second kappa shape index (κ2) is 5.12. The number of rotatable bonds is 3. The first kappa shape index (κ1) is 14.0. The zero-order valence-electron chi connectivity index (χ0n) is 11.6. The number of hydrogen-bond acceptors (Lipinski definition) is 3. The maximum Gasteiger partial charge on any atom is 0.254 e. The largest absolute Gasteiger partial charge is 0.394 e. The summed E-state index contributed by atoms with van der Waals surface area (Å²) in [4.78, 5) is 13.8. The molecule has 1 aliphatic heterocycles. The lowest BCUT2D eigenvalue weighted by molar-refractivity contribution is 0.0673. The van der Waals surface area contributed by atoms with Gasteiger partial charge in [0.2, 0.25) is 0 Å². The molecule has 1 saturated heterocycles. The molecule has 2 aliphatic rings. The van der Waals surface area contributed by atoms with Crippen LogP contribution in [0.5, 0.6) is 0 Å². The molecule has 5 heteroatoms. The highest BCUT2D eigenvalue weighted by Gasteiger charge is 2.44. The number of carbonyl (C=O) groups is 1. The van der Waals surface area contributed by atoms with Crippen molar-refractivity contribution < 1.29 is 14.3 Å². The van der Waals surface area contributed by atoms with E-state index in [1.807, 2.05) is 0 Å². The van der Waals surface area contributed by atoms with Crippen molar-refractivity contribution in [2.45, 2.75) is 36.9 Å². The van der Waals surface area contributed by atoms with Gasteiger partial charge in [0.25, 0.3) is 5.91 Å². The standard InChI is InChI=1S/C16H17FN2O2/c17-13-7-14(9-20)19(8-13)15(21)11-1-3-12(4-2-11)16(10-18)5-6-16/h1-4,13-14,20H,5-9H2/t13-,14-/m0/s1. The fraction of sp³-hybridized carbons (Fsp3) is 0.500. The molecule has 110 valence electrons. The van der Waals surface area contributed by atoms with Crippen molar-refractivity contribution >= 4 is 5.91 Å². The number of likely N-dealkylation sites (tertiary alicyclic amines) is 1. The number of nitriles is 1. The number of aliphatic hydroxyl groups is 1. The fourth-order valence-electron chi connectivity index (χ4n) is 2.97. The summed E-state index contributed by atoms with van der Waals surface area (Å²) in [7, 11) is 0. The van der Waals surface area contributed by atoms with Gasteiger partial charge in [0.05, 0.1) is 30.7 Å². The van der Waals surface area contributed by atoms with Crippen LogP contribution in [0, 0.1) is 11.3 Å². The van der Waals surface area contributed by atoms with Gasteiger partial charge in [-0.25, -0.2) is 4.39 Å². The highest BCUT2D eigenvalue weighted by Crippen LogP contribution is 2.47. The third kappa shape index (κ3) is 2.40. The Bertz CT molecular complexity index is 589. The van der Waals surface area contributed by atoms with Crippen molar-refractivity contribution in [1.29, 1.82) is 5.26 Å². The van der Waals surface area contributed by atoms with E-state index < -0.39 is 12.2 Å². The third-order valence-corrected chi connectivity index (χ3v) is 4.48. The van der Waals surface area contributed by atoms with Crippen LogP contribution in [0.4, 0.5) is 4.39 Å². The minimum Gasteiger partial charge on any atom is -0.394 e. The van der Waals surface area contributed by atoms with Crippen LogP contribution >= 0.6 is 0 Å². The van der Waals surface area contributed by atoms with Gasteiger partial charge in [-0.15, -0.1) is 0 Å². The van der Waals surface area contributed by atoms with Crippen molar-refractivity contribution in [3.63, 3.8) is 0 Å². The molecule has 0 radical (unpaired) electrons. The molecule has 0 spiro atoms. The Morgan fingerprint density at radius 2 is 2.10 bits per heavy atom. The first-order valence-corrected chi connectivity index (χ1v) is 7.17. The number of nitrogens with zero attached hydrogens (tertiary/aromatic N) is 2. The third-order valence-electron chi connectivity index (χ3n) is 4.48. The second-order valence-electron chi connectivity index (χ2n) is 5.90. The molecule has 1 aromatic rings. The van der Waals surface area contributed by atoms with Gasteiger partial charge in [-0.1, -0.05) is 12.1 Å². The number of benzene rings is 1. The lowest BCUT2D eigenvalue weighted by Gasteiger charge is -2.22. The maximum absolute atomic E-state index is 13.4. The topological polar surface area (TPSA) is 64.3 Å². The summed E-state index contributed by atoms with van der Waals surface area (Å²) in [5, 5.41) is 18.4. The Labute approximate surface area is 122 Å². The number of amides is 1. The van der Waals surface area contributed by atoms with Crippen LogP contribution in [0.3, 0.4) is 0 Å². The number of hydrogen-bond donors (Lipinski definition) is 1. The van der Waals surface area contributed by atoms with Crippen LogP contribution in [0.25, 0.3) is 0 Å². The average molecular weight is 288 g/mol. The summed E-state index contributed by atoms with van der Waals surface area (Å²) < 4.78 is 13.4. The van der Waals surface area contributed by atoms with E-state index in [1.54, 1.807) is 24.3 Å². The van der Waals surface area contributed by atoms with Crippen LogP contribution in [0.15, 0.2) is 24.3 Å². The highest BCUT2D eigenvalue weighted by molar-refractivity contribution is 5.94. The minimum absolute atomic E-state index is 0.0357. The van der Waals surface area contributed by atoms with Gasteiger partial charge in [-0.05, 0) is 30.5 Å². The Kier molecular flexibility index (Phi) is 3.42. The van der Waals surface area contributed by atoms with E-state index in [0.29, 0.717) is 5.56 Å². The lowest BCUT2D eigenvalue weighted by Crippen LogP contribution is -2.37. The van der Waals surface area contributed by atoms with Gasteiger partial charge < -0.3 is 10.0 Å². The van der Waals surface area contributed by atoms with E-state index >= 15 is 0 Å². The van der Waals surface area contributed by atoms with E-state index in [-0.39, 0.29) is 30.9 Å².